The number of nitrogens with zero attached hydrogens (tertiary/aromatic N) is 3. The van der Waals surface area contributed by atoms with E-state index in [1.54, 1.807) is 0 Å². The summed E-state index contributed by atoms with van der Waals surface area (Å²) in [6, 6.07) is 17.3. The van der Waals surface area contributed by atoms with Crippen LogP contribution in [0.2, 0.25) is 10.0 Å². The van der Waals surface area contributed by atoms with Gasteiger partial charge >= 0.3 is 0 Å². The van der Waals surface area contributed by atoms with Crippen LogP contribution in [0, 0.1) is 6.92 Å². The summed E-state index contributed by atoms with van der Waals surface area (Å²) in [6.45, 7) is 4.82. The third-order valence-corrected chi connectivity index (χ3v) is 7.60. The first-order chi connectivity index (χ1) is 15.9. The number of aromatic nitrogens is 1. The minimum atomic E-state index is -0.0361. The Labute approximate surface area is 206 Å². The number of piperazine rings is 1. The third kappa shape index (κ3) is 4.26. The quantitative estimate of drug-likeness (QED) is 0.370. The molecule has 0 radical (unpaired) electrons. The van der Waals surface area contributed by atoms with Crippen molar-refractivity contribution >= 4 is 62.0 Å². The number of anilines is 2. The minimum Gasteiger partial charge on any atom is -0.397 e. The highest BCUT2D eigenvalue weighted by atomic mass is 35.5. The molecule has 0 unspecified atom stereocenters. The second-order valence-electron chi connectivity index (χ2n) is 8.11. The number of rotatable bonds is 3. The van der Waals surface area contributed by atoms with E-state index < -0.39 is 0 Å². The zero-order valence-electron chi connectivity index (χ0n) is 18.0. The Morgan fingerprint density at radius 1 is 0.970 bits per heavy atom. The van der Waals surface area contributed by atoms with Crippen molar-refractivity contribution < 1.29 is 4.79 Å². The van der Waals surface area contributed by atoms with E-state index in [4.69, 9.17) is 33.9 Å². The molecule has 8 heteroatoms. The van der Waals surface area contributed by atoms with Gasteiger partial charge in [0.15, 0.2) is 0 Å². The molecule has 0 saturated carbocycles. The first kappa shape index (κ1) is 22.0. The summed E-state index contributed by atoms with van der Waals surface area (Å²) in [5, 5.41) is 2.21. The molecule has 33 heavy (non-hydrogen) atoms. The molecule has 1 amide bonds. The van der Waals surface area contributed by atoms with Crippen molar-refractivity contribution in [3.63, 3.8) is 0 Å². The van der Waals surface area contributed by atoms with Crippen molar-refractivity contribution in [2.24, 2.45) is 0 Å². The van der Waals surface area contributed by atoms with Crippen molar-refractivity contribution in [2.45, 2.75) is 6.92 Å². The van der Waals surface area contributed by atoms with E-state index in [9.17, 15) is 4.79 Å². The molecule has 5 rings (SSSR count). The van der Waals surface area contributed by atoms with Crippen LogP contribution in [0.1, 0.15) is 15.2 Å². The number of carbonyl (C=O) groups is 1. The number of hydrogen-bond acceptors (Lipinski definition) is 5. The molecule has 5 nitrogen and oxygen atoms in total. The van der Waals surface area contributed by atoms with Gasteiger partial charge < -0.3 is 15.5 Å². The first-order valence-corrected chi connectivity index (χ1v) is 12.2. The highest BCUT2D eigenvalue weighted by Crippen LogP contribution is 2.35. The van der Waals surface area contributed by atoms with Crippen LogP contribution in [0.5, 0.6) is 0 Å². The fourth-order valence-corrected chi connectivity index (χ4v) is 5.51. The van der Waals surface area contributed by atoms with Gasteiger partial charge in [0.05, 0.1) is 11.4 Å². The van der Waals surface area contributed by atoms with Crippen LogP contribution >= 0.6 is 34.5 Å². The molecule has 1 saturated heterocycles. The monoisotopic (exact) mass is 496 g/mol. The number of amides is 1. The zero-order chi connectivity index (χ0) is 23.1. The Kier molecular flexibility index (Phi) is 5.91. The van der Waals surface area contributed by atoms with Crippen molar-refractivity contribution in [1.29, 1.82) is 0 Å². The van der Waals surface area contributed by atoms with Gasteiger partial charge in [-0.1, -0.05) is 41.4 Å². The summed E-state index contributed by atoms with van der Waals surface area (Å²) in [5.41, 5.74) is 11.0. The zero-order valence-corrected chi connectivity index (χ0v) is 20.3. The molecule has 1 aliphatic heterocycles. The van der Waals surface area contributed by atoms with Crippen molar-refractivity contribution in [3.05, 3.63) is 75.1 Å². The largest absolute Gasteiger partial charge is 0.397 e. The Morgan fingerprint density at radius 3 is 2.39 bits per heavy atom. The lowest BCUT2D eigenvalue weighted by atomic mass is 10.1. The molecule has 3 heterocycles. The van der Waals surface area contributed by atoms with Crippen LogP contribution in [-0.4, -0.2) is 42.0 Å². The first-order valence-electron chi connectivity index (χ1n) is 10.7. The topological polar surface area (TPSA) is 62.5 Å². The third-order valence-electron chi connectivity index (χ3n) is 6.01. The number of benzene rings is 2. The van der Waals surface area contributed by atoms with E-state index in [2.05, 4.69) is 11.8 Å². The van der Waals surface area contributed by atoms with Crippen LogP contribution in [0.25, 0.3) is 21.5 Å². The van der Waals surface area contributed by atoms with Gasteiger partial charge in [0.1, 0.15) is 9.71 Å². The van der Waals surface area contributed by atoms with E-state index in [-0.39, 0.29) is 5.91 Å². The average Bonchev–Trinajstić information content (AvgIpc) is 3.16. The molecule has 2 aromatic heterocycles. The molecular weight excluding hydrogens is 475 g/mol. The van der Waals surface area contributed by atoms with E-state index in [1.165, 1.54) is 16.9 Å². The molecule has 0 aliphatic carbocycles. The van der Waals surface area contributed by atoms with E-state index in [1.807, 2.05) is 59.5 Å². The molecule has 4 aromatic rings. The van der Waals surface area contributed by atoms with Crippen LogP contribution < -0.4 is 10.6 Å². The number of thiophene rings is 1. The number of nitrogens with two attached hydrogens (primary N) is 1. The number of carbonyl (C=O) groups excluding carboxylic acids is 1. The van der Waals surface area contributed by atoms with Crippen molar-refractivity contribution in [2.75, 3.05) is 36.8 Å². The second kappa shape index (κ2) is 8.86. The SMILES string of the molecule is Cc1ccc(Cl)cc1N1CCN(C(=O)c2sc3nc(-c4ccc(Cl)cc4)ccc3c2N)CC1. The fraction of sp³-hybridized carbons (Fsp3) is 0.200. The lowest BCUT2D eigenvalue weighted by molar-refractivity contribution is 0.0752. The van der Waals surface area contributed by atoms with Crippen LogP contribution in [0.4, 0.5) is 11.4 Å². The lowest BCUT2D eigenvalue weighted by Crippen LogP contribution is -2.49. The maximum atomic E-state index is 13.3. The average molecular weight is 497 g/mol. The fourth-order valence-electron chi connectivity index (χ4n) is 4.15. The summed E-state index contributed by atoms with van der Waals surface area (Å²) >= 11 is 13.5. The molecule has 0 bridgehead atoms. The van der Waals surface area contributed by atoms with Gasteiger partial charge in [-0.2, -0.15) is 0 Å². The standard InChI is InChI=1S/C25H22Cl2N4OS/c1-15-2-5-18(27)14-21(15)30-10-12-31(13-11-30)25(32)23-22(28)19-8-9-20(29-24(19)33-23)16-3-6-17(26)7-4-16/h2-9,14H,10-13,28H2,1H3. The summed E-state index contributed by atoms with van der Waals surface area (Å²) in [4.78, 5) is 23.5. The molecule has 168 valence electrons. The molecule has 2 aromatic carbocycles. The number of fused-ring (bicyclic) bond motifs is 1. The normalized spacial score (nSPS) is 14.2. The predicted octanol–water partition coefficient (Wildman–Crippen LogP) is 6.12. The summed E-state index contributed by atoms with van der Waals surface area (Å²) in [5.74, 6) is -0.0361. The predicted molar refractivity (Wildman–Crippen MR) is 139 cm³/mol. The number of aryl methyl sites for hydroxylation is 1. The number of nitrogen functional groups attached to an aromatic ring is 1. The minimum absolute atomic E-state index is 0.0361. The maximum Gasteiger partial charge on any atom is 0.266 e. The molecule has 1 aliphatic rings. The molecule has 2 N–H and O–H groups in total. The Bertz CT molecular complexity index is 1340. The lowest BCUT2D eigenvalue weighted by Gasteiger charge is -2.36. The number of pyridine rings is 1. The van der Waals surface area contributed by atoms with Gasteiger partial charge in [-0.3, -0.25) is 4.79 Å². The van der Waals surface area contributed by atoms with Crippen LogP contribution in [0.3, 0.4) is 0 Å². The second-order valence-corrected chi connectivity index (χ2v) is 9.98. The Balaban J connectivity index is 1.36. The van der Waals surface area contributed by atoms with Gasteiger partial charge in [-0.05, 0) is 48.9 Å². The van der Waals surface area contributed by atoms with Crippen LogP contribution in [-0.2, 0) is 0 Å². The molecular formula is C25H22Cl2N4OS. The van der Waals surface area contributed by atoms with Gasteiger partial charge in [0, 0.05) is 52.9 Å². The van der Waals surface area contributed by atoms with Crippen molar-refractivity contribution in [1.82, 2.24) is 9.88 Å². The Hall–Kier alpha value is -2.80. The van der Waals surface area contributed by atoms with Gasteiger partial charge in [0.2, 0.25) is 0 Å². The Morgan fingerprint density at radius 2 is 1.67 bits per heavy atom. The smallest absolute Gasteiger partial charge is 0.266 e. The highest BCUT2D eigenvalue weighted by molar-refractivity contribution is 7.21. The summed E-state index contributed by atoms with van der Waals surface area (Å²) in [6.07, 6.45) is 0. The highest BCUT2D eigenvalue weighted by Gasteiger charge is 2.27. The molecule has 1 fully saturated rings. The van der Waals surface area contributed by atoms with Gasteiger partial charge in [-0.15, -0.1) is 11.3 Å². The number of halogens is 2. The molecule has 0 spiro atoms. The van der Waals surface area contributed by atoms with Crippen molar-refractivity contribution in [3.8, 4) is 11.3 Å². The van der Waals surface area contributed by atoms with E-state index in [0.29, 0.717) is 28.7 Å². The summed E-state index contributed by atoms with van der Waals surface area (Å²) in [7, 11) is 0. The van der Waals surface area contributed by atoms with Crippen LogP contribution in [0.15, 0.2) is 54.6 Å². The van der Waals surface area contributed by atoms with E-state index >= 15 is 0 Å². The van der Waals surface area contributed by atoms with E-state index in [0.717, 1.165) is 45.3 Å². The number of hydrogen-bond donors (Lipinski definition) is 1. The van der Waals surface area contributed by atoms with Gasteiger partial charge in [0.25, 0.3) is 5.91 Å². The summed E-state index contributed by atoms with van der Waals surface area (Å²) < 4.78 is 0. The maximum absolute atomic E-state index is 13.3. The van der Waals surface area contributed by atoms with Gasteiger partial charge in [-0.25, -0.2) is 4.98 Å². The molecule has 0 atom stereocenters.